The average molecular weight is 361 g/mol. The summed E-state index contributed by atoms with van der Waals surface area (Å²) < 4.78 is 1.84. The van der Waals surface area contributed by atoms with Crippen LogP contribution in [0, 0.1) is 5.92 Å². The van der Waals surface area contributed by atoms with E-state index in [2.05, 4.69) is 28.6 Å². The molecule has 6 heteroatoms. The van der Waals surface area contributed by atoms with Gasteiger partial charge in [0.1, 0.15) is 5.82 Å². The second-order valence-electron chi connectivity index (χ2n) is 7.54. The maximum atomic E-state index is 12.4. The lowest BCUT2D eigenvalue weighted by molar-refractivity contribution is -0.133. The zero-order valence-corrected chi connectivity index (χ0v) is 15.2. The lowest BCUT2D eigenvalue weighted by Gasteiger charge is -2.34. The Hall–Kier alpha value is -2.89. The molecule has 1 aliphatic carbocycles. The Morgan fingerprint density at radius 3 is 2.78 bits per heavy atom. The fourth-order valence-corrected chi connectivity index (χ4v) is 3.87. The number of likely N-dealkylation sites (tertiary alicyclic amines) is 1. The fourth-order valence-electron chi connectivity index (χ4n) is 3.87. The molecule has 138 valence electrons. The highest BCUT2D eigenvalue weighted by atomic mass is 16.2. The van der Waals surface area contributed by atoms with Crippen molar-refractivity contribution in [3.8, 4) is 11.3 Å². The summed E-state index contributed by atoms with van der Waals surface area (Å²) in [5, 5.41) is 8.05. The normalized spacial score (nSPS) is 20.0. The molecule has 0 bridgehead atoms. The van der Waals surface area contributed by atoms with Crippen molar-refractivity contribution >= 4 is 17.4 Å². The van der Waals surface area contributed by atoms with Gasteiger partial charge in [-0.05, 0) is 25.7 Å². The number of rotatable bonds is 4. The molecule has 5 rings (SSSR count). The molecule has 0 unspecified atom stereocenters. The molecule has 1 saturated heterocycles. The van der Waals surface area contributed by atoms with Gasteiger partial charge in [-0.15, -0.1) is 0 Å². The van der Waals surface area contributed by atoms with Gasteiger partial charge in [0.15, 0.2) is 5.65 Å². The van der Waals surface area contributed by atoms with Crippen LogP contribution in [-0.4, -0.2) is 44.5 Å². The van der Waals surface area contributed by atoms with Gasteiger partial charge in [-0.2, -0.15) is 9.61 Å². The van der Waals surface area contributed by atoms with Gasteiger partial charge in [0.25, 0.3) is 0 Å². The molecule has 2 aliphatic rings. The van der Waals surface area contributed by atoms with Gasteiger partial charge in [-0.1, -0.05) is 30.3 Å². The van der Waals surface area contributed by atoms with E-state index in [1.807, 2.05) is 33.7 Å². The Morgan fingerprint density at radius 2 is 1.96 bits per heavy atom. The van der Waals surface area contributed by atoms with E-state index in [-0.39, 0.29) is 12.0 Å². The second kappa shape index (κ2) is 6.68. The number of nitrogens with zero attached hydrogens (tertiary/aromatic N) is 4. The van der Waals surface area contributed by atoms with Crippen LogP contribution in [0.25, 0.3) is 16.9 Å². The van der Waals surface area contributed by atoms with E-state index >= 15 is 0 Å². The molecule has 3 heterocycles. The SMILES string of the molecule is O=C(C1CC1)N1CCC[C@H](Nc2cc(-c3ccccc3)nc3ccnn23)C1. The number of aromatic nitrogens is 3. The minimum absolute atomic E-state index is 0.236. The predicted octanol–water partition coefficient (Wildman–Crippen LogP) is 3.21. The summed E-state index contributed by atoms with van der Waals surface area (Å²) in [6, 6.07) is 14.4. The number of nitrogens with one attached hydrogen (secondary N) is 1. The Kier molecular flexibility index (Phi) is 4.03. The van der Waals surface area contributed by atoms with E-state index in [1.54, 1.807) is 6.20 Å². The first-order valence-electron chi connectivity index (χ1n) is 9.73. The zero-order valence-electron chi connectivity index (χ0n) is 15.2. The lowest BCUT2D eigenvalue weighted by Crippen LogP contribution is -2.45. The monoisotopic (exact) mass is 361 g/mol. The highest BCUT2D eigenvalue weighted by molar-refractivity contribution is 5.81. The quantitative estimate of drug-likeness (QED) is 0.775. The smallest absolute Gasteiger partial charge is 0.225 e. The molecule has 0 spiro atoms. The van der Waals surface area contributed by atoms with E-state index in [0.29, 0.717) is 5.91 Å². The van der Waals surface area contributed by atoms with Gasteiger partial charge in [-0.3, -0.25) is 4.79 Å². The van der Waals surface area contributed by atoms with Gasteiger partial charge < -0.3 is 10.2 Å². The molecule has 2 fully saturated rings. The van der Waals surface area contributed by atoms with E-state index in [4.69, 9.17) is 4.98 Å². The molecule has 1 N–H and O–H groups in total. The van der Waals surface area contributed by atoms with E-state index < -0.39 is 0 Å². The molecular weight excluding hydrogens is 338 g/mol. The van der Waals surface area contributed by atoms with Gasteiger partial charge >= 0.3 is 0 Å². The molecule has 0 radical (unpaired) electrons. The summed E-state index contributed by atoms with van der Waals surface area (Å²) in [4.78, 5) is 19.2. The summed E-state index contributed by atoms with van der Waals surface area (Å²) >= 11 is 0. The molecule has 2 aromatic heterocycles. The van der Waals surface area contributed by atoms with Crippen LogP contribution in [0.4, 0.5) is 5.82 Å². The lowest BCUT2D eigenvalue weighted by atomic mass is 10.0. The summed E-state index contributed by atoms with van der Waals surface area (Å²) in [5.74, 6) is 1.55. The minimum atomic E-state index is 0.236. The third-order valence-corrected chi connectivity index (χ3v) is 5.44. The van der Waals surface area contributed by atoms with E-state index in [1.165, 1.54) is 0 Å². The molecule has 1 aromatic carbocycles. The van der Waals surface area contributed by atoms with Crippen molar-refractivity contribution in [2.45, 2.75) is 31.7 Å². The summed E-state index contributed by atoms with van der Waals surface area (Å²) in [6.45, 7) is 1.65. The zero-order chi connectivity index (χ0) is 18.2. The molecule has 1 aliphatic heterocycles. The third kappa shape index (κ3) is 3.27. The van der Waals surface area contributed by atoms with Crippen molar-refractivity contribution in [1.29, 1.82) is 0 Å². The Labute approximate surface area is 158 Å². The number of hydrogen-bond donors (Lipinski definition) is 1. The number of benzene rings is 1. The predicted molar refractivity (Wildman–Crippen MR) is 104 cm³/mol. The fraction of sp³-hybridized carbons (Fsp3) is 0.381. The van der Waals surface area contributed by atoms with E-state index in [0.717, 1.165) is 61.5 Å². The maximum Gasteiger partial charge on any atom is 0.225 e. The van der Waals surface area contributed by atoms with Crippen molar-refractivity contribution in [2.75, 3.05) is 18.4 Å². The van der Waals surface area contributed by atoms with Crippen LogP contribution in [0.1, 0.15) is 25.7 Å². The maximum absolute atomic E-state index is 12.4. The van der Waals surface area contributed by atoms with Gasteiger partial charge in [0, 0.05) is 42.7 Å². The van der Waals surface area contributed by atoms with E-state index in [9.17, 15) is 4.79 Å². The number of anilines is 1. The standard InChI is InChI=1S/C21H23N5O/c27-21(16-8-9-16)25-12-4-7-17(14-25)23-20-13-18(15-5-2-1-3-6-15)24-19-10-11-22-26(19)20/h1-3,5-6,10-11,13,16-17,23H,4,7-9,12,14H2/t17-/m0/s1. The second-order valence-corrected chi connectivity index (χ2v) is 7.54. The van der Waals surface area contributed by atoms with Gasteiger partial charge in [0.05, 0.1) is 11.9 Å². The van der Waals surface area contributed by atoms with Crippen LogP contribution in [0.15, 0.2) is 48.7 Å². The van der Waals surface area contributed by atoms with Crippen LogP contribution >= 0.6 is 0 Å². The number of hydrogen-bond acceptors (Lipinski definition) is 4. The largest absolute Gasteiger partial charge is 0.365 e. The number of piperidine rings is 1. The number of carbonyl (C=O) groups excluding carboxylic acids is 1. The first-order chi connectivity index (χ1) is 13.3. The summed E-state index contributed by atoms with van der Waals surface area (Å²) in [6.07, 6.45) is 5.99. The topological polar surface area (TPSA) is 62.5 Å². The van der Waals surface area contributed by atoms with Gasteiger partial charge in [-0.25, -0.2) is 4.98 Å². The van der Waals surface area contributed by atoms with Crippen molar-refractivity contribution < 1.29 is 4.79 Å². The third-order valence-electron chi connectivity index (χ3n) is 5.44. The molecule has 1 saturated carbocycles. The minimum Gasteiger partial charge on any atom is -0.365 e. The van der Waals surface area contributed by atoms with Crippen molar-refractivity contribution in [1.82, 2.24) is 19.5 Å². The van der Waals surface area contributed by atoms with Crippen molar-refractivity contribution in [3.63, 3.8) is 0 Å². The first kappa shape index (κ1) is 16.3. The first-order valence-corrected chi connectivity index (χ1v) is 9.73. The summed E-state index contributed by atoms with van der Waals surface area (Å²) in [5.41, 5.74) is 2.83. The molecule has 3 aromatic rings. The van der Waals surface area contributed by atoms with Crippen LogP contribution in [-0.2, 0) is 4.79 Å². The van der Waals surface area contributed by atoms with Crippen LogP contribution in [0.2, 0.25) is 0 Å². The molecule has 27 heavy (non-hydrogen) atoms. The van der Waals surface area contributed by atoms with Crippen molar-refractivity contribution in [2.24, 2.45) is 5.92 Å². The Bertz CT molecular complexity index is 963. The highest BCUT2D eigenvalue weighted by Crippen LogP contribution is 2.32. The van der Waals surface area contributed by atoms with Crippen LogP contribution < -0.4 is 5.32 Å². The van der Waals surface area contributed by atoms with Crippen LogP contribution in [0.3, 0.4) is 0 Å². The van der Waals surface area contributed by atoms with Gasteiger partial charge in [0.2, 0.25) is 5.91 Å². The average Bonchev–Trinajstić information content (AvgIpc) is 3.45. The Morgan fingerprint density at radius 1 is 1.11 bits per heavy atom. The summed E-state index contributed by atoms with van der Waals surface area (Å²) in [7, 11) is 0. The number of amides is 1. The van der Waals surface area contributed by atoms with Crippen LogP contribution in [0.5, 0.6) is 0 Å². The molecule has 1 atom stereocenters. The number of fused-ring (bicyclic) bond motifs is 1. The highest BCUT2D eigenvalue weighted by Gasteiger charge is 2.35. The Balaban J connectivity index is 1.42. The molecule has 6 nitrogen and oxygen atoms in total. The number of carbonyl (C=O) groups is 1. The molecular formula is C21H23N5O. The molecule has 1 amide bonds. The van der Waals surface area contributed by atoms with Crippen molar-refractivity contribution in [3.05, 3.63) is 48.7 Å².